The fourth-order valence-corrected chi connectivity index (χ4v) is 1.93. The first-order valence-corrected chi connectivity index (χ1v) is 5.78. The molecule has 0 atom stereocenters. The molecule has 0 amide bonds. The molecule has 0 aromatic heterocycles. The van der Waals surface area contributed by atoms with Gasteiger partial charge in [-0.1, -0.05) is 37.6 Å². The summed E-state index contributed by atoms with van der Waals surface area (Å²) in [7, 11) is 0. The van der Waals surface area contributed by atoms with E-state index < -0.39 is 0 Å². The van der Waals surface area contributed by atoms with Gasteiger partial charge in [0.25, 0.3) is 0 Å². The van der Waals surface area contributed by atoms with Gasteiger partial charge in [0.05, 0.1) is 0 Å². The van der Waals surface area contributed by atoms with Gasteiger partial charge in [-0.05, 0) is 31.4 Å². The molecular formula is C13H17ClO. The first kappa shape index (κ1) is 12.3. The minimum absolute atomic E-state index is 0.127. The number of ketones is 1. The molecule has 0 saturated heterocycles. The number of hydrogen-bond donors (Lipinski definition) is 0. The highest BCUT2D eigenvalue weighted by atomic mass is 35.5. The van der Waals surface area contributed by atoms with Crippen LogP contribution in [0, 0.1) is 12.8 Å². The topological polar surface area (TPSA) is 17.1 Å². The molecule has 82 valence electrons. The number of carbonyl (C=O) groups is 1. The third-order valence-corrected chi connectivity index (χ3v) is 3.30. The molecule has 0 unspecified atom stereocenters. The normalized spacial score (nSPS) is 10.7. The van der Waals surface area contributed by atoms with E-state index in [-0.39, 0.29) is 11.7 Å². The van der Waals surface area contributed by atoms with Crippen LogP contribution in [0.1, 0.15) is 42.6 Å². The molecular weight excluding hydrogens is 208 g/mol. The third-order valence-electron chi connectivity index (χ3n) is 2.89. The van der Waals surface area contributed by atoms with Crippen LogP contribution in [-0.2, 0) is 0 Å². The summed E-state index contributed by atoms with van der Waals surface area (Å²) in [5.41, 5.74) is 1.67. The van der Waals surface area contributed by atoms with Gasteiger partial charge in [0.15, 0.2) is 5.78 Å². The lowest BCUT2D eigenvalue weighted by Crippen LogP contribution is -2.14. The zero-order valence-corrected chi connectivity index (χ0v) is 10.3. The van der Waals surface area contributed by atoms with Crippen molar-refractivity contribution >= 4 is 17.4 Å². The van der Waals surface area contributed by atoms with Crippen LogP contribution in [0.4, 0.5) is 0 Å². The van der Waals surface area contributed by atoms with E-state index in [1.54, 1.807) is 0 Å². The average Bonchev–Trinajstić information content (AvgIpc) is 2.23. The molecule has 0 saturated carbocycles. The van der Waals surface area contributed by atoms with E-state index in [4.69, 9.17) is 11.6 Å². The highest BCUT2D eigenvalue weighted by molar-refractivity contribution is 6.31. The maximum Gasteiger partial charge on any atom is 0.166 e. The van der Waals surface area contributed by atoms with Crippen molar-refractivity contribution in [3.05, 3.63) is 34.3 Å². The fourth-order valence-electron chi connectivity index (χ4n) is 1.75. The highest BCUT2D eigenvalue weighted by Gasteiger charge is 2.18. The van der Waals surface area contributed by atoms with Crippen LogP contribution in [0.5, 0.6) is 0 Å². The molecule has 0 spiro atoms. The Kier molecular flexibility index (Phi) is 4.34. The smallest absolute Gasteiger partial charge is 0.166 e. The van der Waals surface area contributed by atoms with Crippen molar-refractivity contribution in [2.45, 2.75) is 33.6 Å². The van der Waals surface area contributed by atoms with Gasteiger partial charge in [-0.25, -0.2) is 0 Å². The molecule has 0 N–H and O–H groups in total. The standard InChI is InChI=1S/C13H17ClO/c1-4-10(5-2)13(15)11-7-6-8-12(14)9(11)3/h6-8,10H,4-5H2,1-3H3. The van der Waals surface area contributed by atoms with Crippen LogP contribution in [0.25, 0.3) is 0 Å². The Morgan fingerprint density at radius 2 is 1.93 bits per heavy atom. The van der Waals surface area contributed by atoms with Crippen molar-refractivity contribution in [1.29, 1.82) is 0 Å². The molecule has 1 rings (SSSR count). The molecule has 15 heavy (non-hydrogen) atoms. The Hall–Kier alpha value is -0.820. The van der Waals surface area contributed by atoms with Crippen LogP contribution in [-0.4, -0.2) is 5.78 Å². The summed E-state index contributed by atoms with van der Waals surface area (Å²) in [5.74, 6) is 0.349. The fraction of sp³-hybridized carbons (Fsp3) is 0.462. The second-order valence-electron chi connectivity index (χ2n) is 3.79. The predicted molar refractivity (Wildman–Crippen MR) is 64.6 cm³/mol. The van der Waals surface area contributed by atoms with Gasteiger partial charge in [0.1, 0.15) is 0 Å². The number of Topliss-reactive ketones (excluding diaryl/α,β-unsaturated/α-hetero) is 1. The van der Waals surface area contributed by atoms with E-state index in [0.29, 0.717) is 5.02 Å². The summed E-state index contributed by atoms with van der Waals surface area (Å²) in [6.45, 7) is 6.00. The molecule has 1 nitrogen and oxygen atoms in total. The van der Waals surface area contributed by atoms with E-state index in [9.17, 15) is 4.79 Å². The van der Waals surface area contributed by atoms with Gasteiger partial charge < -0.3 is 0 Å². The molecule has 0 aliphatic heterocycles. The van der Waals surface area contributed by atoms with Gasteiger partial charge in [0.2, 0.25) is 0 Å². The first-order valence-electron chi connectivity index (χ1n) is 5.41. The number of carbonyl (C=O) groups excluding carboxylic acids is 1. The predicted octanol–water partition coefficient (Wildman–Crippen LogP) is 4.27. The molecule has 1 aromatic carbocycles. The van der Waals surface area contributed by atoms with Crippen LogP contribution in [0.3, 0.4) is 0 Å². The van der Waals surface area contributed by atoms with Gasteiger partial charge in [-0.2, -0.15) is 0 Å². The van der Waals surface area contributed by atoms with Crippen LogP contribution >= 0.6 is 11.6 Å². The largest absolute Gasteiger partial charge is 0.294 e. The van der Waals surface area contributed by atoms with Crippen molar-refractivity contribution < 1.29 is 4.79 Å². The lowest BCUT2D eigenvalue weighted by atomic mass is 9.91. The molecule has 1 aromatic rings. The second kappa shape index (κ2) is 5.32. The maximum absolute atomic E-state index is 12.1. The van der Waals surface area contributed by atoms with E-state index in [2.05, 4.69) is 0 Å². The Balaban J connectivity index is 3.05. The maximum atomic E-state index is 12.1. The number of rotatable bonds is 4. The lowest BCUT2D eigenvalue weighted by Gasteiger charge is -2.13. The Morgan fingerprint density at radius 1 is 1.33 bits per heavy atom. The van der Waals surface area contributed by atoms with E-state index in [1.165, 1.54) is 0 Å². The van der Waals surface area contributed by atoms with E-state index in [0.717, 1.165) is 24.0 Å². The van der Waals surface area contributed by atoms with Crippen LogP contribution in [0.15, 0.2) is 18.2 Å². The summed E-state index contributed by atoms with van der Waals surface area (Å²) in [6.07, 6.45) is 1.78. The lowest BCUT2D eigenvalue weighted by molar-refractivity contribution is 0.0913. The molecule has 0 aliphatic carbocycles. The number of hydrogen-bond acceptors (Lipinski definition) is 1. The Morgan fingerprint density at radius 3 is 2.47 bits per heavy atom. The zero-order valence-electron chi connectivity index (χ0n) is 9.51. The Labute approximate surface area is 96.5 Å². The summed E-state index contributed by atoms with van der Waals surface area (Å²) >= 11 is 6.00. The third kappa shape index (κ3) is 2.60. The minimum Gasteiger partial charge on any atom is -0.294 e. The molecule has 2 heteroatoms. The van der Waals surface area contributed by atoms with Gasteiger partial charge in [0, 0.05) is 16.5 Å². The average molecular weight is 225 g/mol. The summed E-state index contributed by atoms with van der Waals surface area (Å²) in [5, 5.41) is 0.673. The SMILES string of the molecule is CCC(CC)C(=O)c1cccc(Cl)c1C. The quantitative estimate of drug-likeness (QED) is 0.699. The summed E-state index contributed by atoms with van der Waals surface area (Å²) < 4.78 is 0. The highest BCUT2D eigenvalue weighted by Crippen LogP contribution is 2.23. The number of halogens is 1. The van der Waals surface area contributed by atoms with Gasteiger partial charge in [-0.15, -0.1) is 0 Å². The van der Waals surface area contributed by atoms with E-state index in [1.807, 2.05) is 39.0 Å². The first-order chi connectivity index (χ1) is 7.11. The van der Waals surface area contributed by atoms with E-state index >= 15 is 0 Å². The van der Waals surface area contributed by atoms with Crippen LogP contribution < -0.4 is 0 Å². The molecule has 0 fully saturated rings. The zero-order chi connectivity index (χ0) is 11.4. The van der Waals surface area contributed by atoms with Crippen molar-refractivity contribution in [3.8, 4) is 0 Å². The molecule has 0 bridgehead atoms. The summed E-state index contributed by atoms with van der Waals surface area (Å²) in [6, 6.07) is 5.52. The van der Waals surface area contributed by atoms with Crippen molar-refractivity contribution in [2.24, 2.45) is 5.92 Å². The summed E-state index contributed by atoms with van der Waals surface area (Å²) in [4.78, 5) is 12.1. The van der Waals surface area contributed by atoms with Gasteiger partial charge >= 0.3 is 0 Å². The van der Waals surface area contributed by atoms with Crippen molar-refractivity contribution in [2.75, 3.05) is 0 Å². The molecule has 0 radical (unpaired) electrons. The van der Waals surface area contributed by atoms with Crippen molar-refractivity contribution in [3.63, 3.8) is 0 Å². The second-order valence-corrected chi connectivity index (χ2v) is 4.20. The number of benzene rings is 1. The van der Waals surface area contributed by atoms with Crippen molar-refractivity contribution in [1.82, 2.24) is 0 Å². The molecule has 0 aliphatic rings. The molecule has 0 heterocycles. The van der Waals surface area contributed by atoms with Gasteiger partial charge in [-0.3, -0.25) is 4.79 Å². The Bertz CT molecular complexity index is 354. The monoisotopic (exact) mass is 224 g/mol. The van der Waals surface area contributed by atoms with Crippen LogP contribution in [0.2, 0.25) is 5.02 Å². The minimum atomic E-state index is 0.127.